The van der Waals surface area contributed by atoms with Crippen LogP contribution in [0.5, 0.6) is 0 Å². The standard InChI is InChI=1S/C12H8O4.2Ag/c13-11(14)8-5-7-3-1-2-4-9(7)10(6-8)12(15)16;;/h1-6H,(H,13,14)(H,15,16);;. The van der Waals surface area contributed by atoms with Crippen LogP contribution >= 0.6 is 0 Å². The summed E-state index contributed by atoms with van der Waals surface area (Å²) >= 11 is 0. The van der Waals surface area contributed by atoms with E-state index in [-0.39, 0.29) is 55.9 Å². The fraction of sp³-hybridized carbons (Fsp3) is 0. The number of hydrogen-bond donors (Lipinski definition) is 2. The van der Waals surface area contributed by atoms with Crippen molar-refractivity contribution in [2.45, 2.75) is 0 Å². The molecule has 0 saturated heterocycles. The second kappa shape index (κ2) is 6.89. The molecule has 2 rings (SSSR count). The molecule has 0 heterocycles. The summed E-state index contributed by atoms with van der Waals surface area (Å²) < 4.78 is 0. The van der Waals surface area contributed by atoms with Crippen molar-refractivity contribution in [2.24, 2.45) is 0 Å². The number of hydrogen-bond acceptors (Lipinski definition) is 2. The van der Waals surface area contributed by atoms with Gasteiger partial charge in [-0.2, -0.15) is 0 Å². The Morgan fingerprint density at radius 3 is 2.06 bits per heavy atom. The summed E-state index contributed by atoms with van der Waals surface area (Å²) in [6.07, 6.45) is 0. The molecular formula is C12H8Ag2O4. The largest absolute Gasteiger partial charge is 0.478 e. The maximum Gasteiger partial charge on any atom is 0.336 e. The van der Waals surface area contributed by atoms with E-state index in [1.807, 2.05) is 0 Å². The van der Waals surface area contributed by atoms with Crippen LogP contribution in [0.3, 0.4) is 0 Å². The molecule has 0 unspecified atom stereocenters. The van der Waals surface area contributed by atoms with Crippen LogP contribution in [0.1, 0.15) is 20.7 Å². The topological polar surface area (TPSA) is 74.6 Å². The van der Waals surface area contributed by atoms with Gasteiger partial charge in [-0.1, -0.05) is 24.3 Å². The van der Waals surface area contributed by atoms with E-state index in [9.17, 15) is 9.59 Å². The number of benzene rings is 2. The van der Waals surface area contributed by atoms with Gasteiger partial charge in [0.25, 0.3) is 0 Å². The van der Waals surface area contributed by atoms with Crippen molar-refractivity contribution in [3.05, 3.63) is 47.5 Å². The number of carboxylic acid groups (broad SMARTS) is 2. The van der Waals surface area contributed by atoms with E-state index in [4.69, 9.17) is 10.2 Å². The smallest absolute Gasteiger partial charge is 0.336 e. The molecule has 0 spiro atoms. The van der Waals surface area contributed by atoms with Gasteiger partial charge in [-0.25, -0.2) is 9.59 Å². The molecule has 102 valence electrons. The Kier molecular flexibility index (Phi) is 6.56. The number of fused-ring (bicyclic) bond motifs is 1. The first kappa shape index (κ1) is 17.1. The summed E-state index contributed by atoms with van der Waals surface area (Å²) in [5, 5.41) is 19.0. The van der Waals surface area contributed by atoms with E-state index in [0.717, 1.165) is 0 Å². The molecule has 0 aliphatic carbocycles. The Hall–Kier alpha value is -0.879. The number of rotatable bonds is 2. The third kappa shape index (κ3) is 3.32. The molecule has 0 aromatic heterocycles. The van der Waals surface area contributed by atoms with Gasteiger partial charge in [0.1, 0.15) is 0 Å². The monoisotopic (exact) mass is 430 g/mol. The average Bonchev–Trinajstić information content (AvgIpc) is 2.27. The fourth-order valence-electron chi connectivity index (χ4n) is 1.61. The Morgan fingerprint density at radius 1 is 0.889 bits per heavy atom. The molecular weight excluding hydrogens is 424 g/mol. The van der Waals surface area contributed by atoms with Gasteiger partial charge in [-0.15, -0.1) is 0 Å². The second-order valence-electron chi connectivity index (χ2n) is 3.36. The van der Waals surface area contributed by atoms with Crippen molar-refractivity contribution in [3.63, 3.8) is 0 Å². The van der Waals surface area contributed by atoms with Crippen molar-refractivity contribution >= 4 is 22.7 Å². The van der Waals surface area contributed by atoms with Gasteiger partial charge in [0, 0.05) is 44.8 Å². The zero-order valence-electron chi connectivity index (χ0n) is 8.78. The molecule has 0 atom stereocenters. The minimum absolute atomic E-state index is 0. The van der Waals surface area contributed by atoms with E-state index < -0.39 is 11.9 Å². The maximum absolute atomic E-state index is 11.0. The molecule has 2 N–H and O–H groups in total. The van der Waals surface area contributed by atoms with Gasteiger partial charge in [-0.05, 0) is 22.9 Å². The molecule has 0 saturated carbocycles. The summed E-state index contributed by atoms with van der Waals surface area (Å²) in [4.78, 5) is 21.8. The third-order valence-corrected chi connectivity index (χ3v) is 2.34. The van der Waals surface area contributed by atoms with Gasteiger partial charge in [-0.3, -0.25) is 0 Å². The van der Waals surface area contributed by atoms with Crippen LogP contribution in [0.2, 0.25) is 0 Å². The van der Waals surface area contributed by atoms with Crippen molar-refractivity contribution in [2.75, 3.05) is 0 Å². The molecule has 0 aliphatic rings. The van der Waals surface area contributed by atoms with Crippen molar-refractivity contribution in [1.82, 2.24) is 0 Å². The molecule has 18 heavy (non-hydrogen) atoms. The molecule has 4 nitrogen and oxygen atoms in total. The van der Waals surface area contributed by atoms with Gasteiger partial charge >= 0.3 is 11.9 Å². The van der Waals surface area contributed by atoms with Crippen LogP contribution in [-0.2, 0) is 44.8 Å². The normalized spacial score (nSPS) is 9.11. The summed E-state index contributed by atoms with van der Waals surface area (Å²) in [5.41, 5.74) is -0.00778. The summed E-state index contributed by atoms with van der Waals surface area (Å²) in [6.45, 7) is 0. The predicted octanol–water partition coefficient (Wildman–Crippen LogP) is 2.23. The van der Waals surface area contributed by atoms with E-state index in [0.29, 0.717) is 10.8 Å². The first-order valence-electron chi connectivity index (χ1n) is 4.59. The number of aromatic carboxylic acids is 2. The predicted molar refractivity (Wildman–Crippen MR) is 57.9 cm³/mol. The minimum atomic E-state index is -1.13. The Labute approximate surface area is 134 Å². The fourth-order valence-corrected chi connectivity index (χ4v) is 1.61. The molecule has 0 fully saturated rings. The first-order valence-corrected chi connectivity index (χ1v) is 4.59. The van der Waals surface area contributed by atoms with Gasteiger partial charge in [0.2, 0.25) is 0 Å². The molecule has 2 radical (unpaired) electrons. The van der Waals surface area contributed by atoms with Gasteiger partial charge < -0.3 is 10.2 Å². The second-order valence-corrected chi connectivity index (χ2v) is 3.36. The number of carboxylic acids is 2. The SMILES string of the molecule is O=C(O)c1cc(C(=O)O)c2ccccc2c1.[Ag].[Ag]. The maximum atomic E-state index is 11.0. The molecule has 0 aliphatic heterocycles. The molecule has 0 amide bonds. The average molecular weight is 432 g/mol. The van der Waals surface area contributed by atoms with Gasteiger partial charge in [0.15, 0.2) is 0 Å². The van der Waals surface area contributed by atoms with E-state index in [2.05, 4.69) is 0 Å². The quantitative estimate of drug-likeness (QED) is 0.715. The van der Waals surface area contributed by atoms with E-state index in [1.165, 1.54) is 12.1 Å². The van der Waals surface area contributed by atoms with E-state index in [1.54, 1.807) is 24.3 Å². The summed E-state index contributed by atoms with van der Waals surface area (Å²) in [7, 11) is 0. The van der Waals surface area contributed by atoms with Crippen LogP contribution in [0.4, 0.5) is 0 Å². The van der Waals surface area contributed by atoms with Crippen molar-refractivity contribution in [1.29, 1.82) is 0 Å². The van der Waals surface area contributed by atoms with Crippen LogP contribution in [0.15, 0.2) is 36.4 Å². The van der Waals surface area contributed by atoms with Crippen LogP contribution < -0.4 is 0 Å². The third-order valence-electron chi connectivity index (χ3n) is 2.34. The summed E-state index contributed by atoms with van der Waals surface area (Å²) in [5.74, 6) is -2.26. The minimum Gasteiger partial charge on any atom is -0.478 e. The summed E-state index contributed by atoms with van der Waals surface area (Å²) in [6, 6.07) is 9.44. The van der Waals surface area contributed by atoms with Crippen LogP contribution in [0.25, 0.3) is 10.8 Å². The van der Waals surface area contributed by atoms with E-state index >= 15 is 0 Å². The van der Waals surface area contributed by atoms with Crippen LogP contribution in [-0.4, -0.2) is 22.2 Å². The molecule has 2 aromatic rings. The molecule has 0 bridgehead atoms. The molecule has 6 heteroatoms. The Bertz CT molecular complexity index is 596. The van der Waals surface area contributed by atoms with Crippen LogP contribution in [0, 0.1) is 0 Å². The molecule has 2 aromatic carbocycles. The Balaban J connectivity index is 0.00000144. The Morgan fingerprint density at radius 2 is 1.50 bits per heavy atom. The van der Waals surface area contributed by atoms with Gasteiger partial charge in [0.05, 0.1) is 11.1 Å². The number of carbonyl (C=O) groups is 2. The first-order chi connectivity index (χ1) is 7.59. The zero-order chi connectivity index (χ0) is 11.7. The van der Waals surface area contributed by atoms with Crippen molar-refractivity contribution < 1.29 is 64.6 Å². The van der Waals surface area contributed by atoms with Crippen molar-refractivity contribution in [3.8, 4) is 0 Å². The zero-order valence-corrected chi connectivity index (χ0v) is 11.7.